The highest BCUT2D eigenvalue weighted by Crippen LogP contribution is 2.28. The zero-order valence-electron chi connectivity index (χ0n) is 10.5. The number of anilines is 1. The molecule has 0 aromatic heterocycles. The zero-order valence-corrected chi connectivity index (χ0v) is 10.5. The Morgan fingerprint density at radius 2 is 2.19 bits per heavy atom. The Morgan fingerprint density at radius 3 is 3.00 bits per heavy atom. The molecule has 0 radical (unpaired) electrons. The van der Waals surface area contributed by atoms with Crippen LogP contribution in [0.25, 0.3) is 0 Å². The Balaban J connectivity index is 1.92. The molecule has 1 nitrogen and oxygen atoms in total. The van der Waals surface area contributed by atoms with Crippen molar-refractivity contribution in [3.05, 3.63) is 29.8 Å². The van der Waals surface area contributed by atoms with E-state index in [1.54, 1.807) is 0 Å². The summed E-state index contributed by atoms with van der Waals surface area (Å²) in [5, 5.41) is 3.56. The second-order valence-electron chi connectivity index (χ2n) is 5.24. The monoisotopic (exact) mass is 217 g/mol. The van der Waals surface area contributed by atoms with Crippen LogP contribution in [0, 0.1) is 11.8 Å². The van der Waals surface area contributed by atoms with Crippen LogP contribution in [0.2, 0.25) is 0 Å². The maximum Gasteiger partial charge on any atom is 0.0372 e. The Labute approximate surface area is 99.3 Å². The van der Waals surface area contributed by atoms with E-state index in [4.69, 9.17) is 0 Å². The SMILES string of the molecule is CCCC(C)CC1CNc2ccccc2C1. The predicted molar refractivity (Wildman–Crippen MR) is 70.8 cm³/mol. The fourth-order valence-corrected chi connectivity index (χ4v) is 2.85. The summed E-state index contributed by atoms with van der Waals surface area (Å²) in [5.74, 6) is 1.71. The molecular weight excluding hydrogens is 194 g/mol. The van der Waals surface area contributed by atoms with Crippen LogP contribution in [-0.4, -0.2) is 6.54 Å². The second kappa shape index (κ2) is 5.38. The molecule has 0 spiro atoms. The number of rotatable bonds is 4. The molecule has 0 saturated heterocycles. The van der Waals surface area contributed by atoms with Crippen LogP contribution in [0.15, 0.2) is 24.3 Å². The van der Waals surface area contributed by atoms with Gasteiger partial charge < -0.3 is 5.32 Å². The molecule has 0 bridgehead atoms. The number of hydrogen-bond acceptors (Lipinski definition) is 1. The summed E-state index contributed by atoms with van der Waals surface area (Å²) in [6, 6.07) is 8.73. The van der Waals surface area contributed by atoms with Gasteiger partial charge >= 0.3 is 0 Å². The molecule has 88 valence electrons. The number of fused-ring (bicyclic) bond motifs is 1. The standard InChI is InChI=1S/C15H23N/c1-3-6-12(2)9-13-10-14-7-4-5-8-15(14)16-11-13/h4-5,7-8,12-13,16H,3,6,9-11H2,1-2H3. The predicted octanol–water partition coefficient (Wildman–Crippen LogP) is 4.10. The molecule has 1 aliphatic heterocycles. The Hall–Kier alpha value is -0.980. The van der Waals surface area contributed by atoms with E-state index in [9.17, 15) is 0 Å². The summed E-state index contributed by atoms with van der Waals surface area (Å²) in [6.45, 7) is 5.83. The molecule has 1 N–H and O–H groups in total. The molecule has 2 unspecified atom stereocenters. The summed E-state index contributed by atoms with van der Waals surface area (Å²) >= 11 is 0. The summed E-state index contributed by atoms with van der Waals surface area (Å²) in [5.41, 5.74) is 2.85. The van der Waals surface area contributed by atoms with Gasteiger partial charge in [0, 0.05) is 12.2 Å². The quantitative estimate of drug-likeness (QED) is 0.800. The van der Waals surface area contributed by atoms with Crippen molar-refractivity contribution >= 4 is 5.69 Å². The molecule has 0 aliphatic carbocycles. The third-order valence-corrected chi connectivity index (χ3v) is 3.62. The first-order valence-corrected chi connectivity index (χ1v) is 6.61. The van der Waals surface area contributed by atoms with E-state index in [2.05, 4.69) is 43.4 Å². The van der Waals surface area contributed by atoms with Gasteiger partial charge in [-0.05, 0) is 36.3 Å². The lowest BCUT2D eigenvalue weighted by molar-refractivity contribution is 0.376. The van der Waals surface area contributed by atoms with Crippen molar-refractivity contribution in [2.24, 2.45) is 11.8 Å². The lowest BCUT2D eigenvalue weighted by atomic mass is 9.85. The van der Waals surface area contributed by atoms with Crippen LogP contribution >= 0.6 is 0 Å². The molecule has 1 aromatic carbocycles. The molecule has 16 heavy (non-hydrogen) atoms. The summed E-state index contributed by atoms with van der Waals surface area (Å²) in [6.07, 6.45) is 5.32. The highest BCUT2D eigenvalue weighted by molar-refractivity contribution is 5.53. The fraction of sp³-hybridized carbons (Fsp3) is 0.600. The van der Waals surface area contributed by atoms with Crippen molar-refractivity contribution in [2.75, 3.05) is 11.9 Å². The lowest BCUT2D eigenvalue weighted by Crippen LogP contribution is -2.24. The topological polar surface area (TPSA) is 12.0 Å². The van der Waals surface area contributed by atoms with E-state index >= 15 is 0 Å². The van der Waals surface area contributed by atoms with Crippen LogP contribution in [0.4, 0.5) is 5.69 Å². The molecule has 0 amide bonds. The third-order valence-electron chi connectivity index (χ3n) is 3.62. The molecule has 1 aliphatic rings. The van der Waals surface area contributed by atoms with E-state index in [1.807, 2.05) is 0 Å². The highest BCUT2D eigenvalue weighted by atomic mass is 14.9. The van der Waals surface area contributed by atoms with Crippen LogP contribution in [0.5, 0.6) is 0 Å². The second-order valence-corrected chi connectivity index (χ2v) is 5.24. The van der Waals surface area contributed by atoms with Crippen LogP contribution in [-0.2, 0) is 6.42 Å². The average molecular weight is 217 g/mol. The minimum Gasteiger partial charge on any atom is -0.385 e. The van der Waals surface area contributed by atoms with Gasteiger partial charge in [-0.15, -0.1) is 0 Å². The van der Waals surface area contributed by atoms with Gasteiger partial charge in [0.15, 0.2) is 0 Å². The van der Waals surface area contributed by atoms with Crippen molar-refractivity contribution in [3.63, 3.8) is 0 Å². The normalized spacial score (nSPS) is 21.0. The van der Waals surface area contributed by atoms with Gasteiger partial charge in [0.1, 0.15) is 0 Å². The molecular formula is C15H23N. The van der Waals surface area contributed by atoms with Crippen molar-refractivity contribution in [3.8, 4) is 0 Å². The van der Waals surface area contributed by atoms with E-state index in [1.165, 1.54) is 36.9 Å². The molecule has 2 atom stereocenters. The first-order valence-electron chi connectivity index (χ1n) is 6.61. The van der Waals surface area contributed by atoms with Crippen molar-refractivity contribution in [2.45, 2.75) is 39.5 Å². The van der Waals surface area contributed by atoms with Gasteiger partial charge in [-0.2, -0.15) is 0 Å². The summed E-state index contributed by atoms with van der Waals surface area (Å²) in [4.78, 5) is 0. The zero-order chi connectivity index (χ0) is 11.4. The Morgan fingerprint density at radius 1 is 1.38 bits per heavy atom. The molecule has 1 aromatic rings. The van der Waals surface area contributed by atoms with Crippen molar-refractivity contribution in [1.29, 1.82) is 0 Å². The van der Waals surface area contributed by atoms with E-state index in [0.29, 0.717) is 0 Å². The maximum atomic E-state index is 3.56. The number of nitrogens with one attached hydrogen (secondary N) is 1. The molecule has 1 heteroatoms. The number of para-hydroxylation sites is 1. The Kier molecular flexibility index (Phi) is 3.87. The van der Waals surface area contributed by atoms with Gasteiger partial charge in [-0.1, -0.05) is 44.9 Å². The van der Waals surface area contributed by atoms with Gasteiger partial charge in [-0.25, -0.2) is 0 Å². The van der Waals surface area contributed by atoms with Crippen LogP contribution in [0.3, 0.4) is 0 Å². The molecule has 1 heterocycles. The van der Waals surface area contributed by atoms with Crippen LogP contribution in [0.1, 0.15) is 38.7 Å². The average Bonchev–Trinajstić information content (AvgIpc) is 2.29. The van der Waals surface area contributed by atoms with Crippen molar-refractivity contribution < 1.29 is 0 Å². The highest BCUT2D eigenvalue weighted by Gasteiger charge is 2.19. The van der Waals surface area contributed by atoms with Crippen LogP contribution < -0.4 is 5.32 Å². The lowest BCUT2D eigenvalue weighted by Gasteiger charge is -2.28. The van der Waals surface area contributed by atoms with E-state index < -0.39 is 0 Å². The largest absolute Gasteiger partial charge is 0.385 e. The van der Waals surface area contributed by atoms with Crippen molar-refractivity contribution in [1.82, 2.24) is 0 Å². The van der Waals surface area contributed by atoms with Gasteiger partial charge in [0.2, 0.25) is 0 Å². The number of benzene rings is 1. The summed E-state index contributed by atoms with van der Waals surface area (Å²) < 4.78 is 0. The minimum atomic E-state index is 0.830. The molecule has 0 fully saturated rings. The fourth-order valence-electron chi connectivity index (χ4n) is 2.85. The van der Waals surface area contributed by atoms with E-state index in [-0.39, 0.29) is 0 Å². The Bertz CT molecular complexity index is 332. The van der Waals surface area contributed by atoms with Gasteiger partial charge in [-0.3, -0.25) is 0 Å². The first kappa shape index (κ1) is 11.5. The van der Waals surface area contributed by atoms with Gasteiger partial charge in [0.25, 0.3) is 0 Å². The number of hydrogen-bond donors (Lipinski definition) is 1. The minimum absolute atomic E-state index is 0.830. The summed E-state index contributed by atoms with van der Waals surface area (Å²) in [7, 11) is 0. The molecule has 2 rings (SSSR count). The van der Waals surface area contributed by atoms with E-state index in [0.717, 1.165) is 18.4 Å². The van der Waals surface area contributed by atoms with Gasteiger partial charge in [0.05, 0.1) is 0 Å². The smallest absolute Gasteiger partial charge is 0.0372 e. The maximum absolute atomic E-state index is 3.56. The first-order chi connectivity index (χ1) is 7.79. The third kappa shape index (κ3) is 2.78. The molecule has 0 saturated carbocycles.